The lowest BCUT2D eigenvalue weighted by atomic mass is 9.83. The van der Waals surface area contributed by atoms with E-state index in [1.807, 2.05) is 0 Å². The zero-order valence-electron chi connectivity index (χ0n) is 6.56. The number of allylic oxidation sites excluding steroid dienone is 2. The highest BCUT2D eigenvalue weighted by molar-refractivity contribution is 5.07. The lowest BCUT2D eigenvalue weighted by Gasteiger charge is -2.22. The van der Waals surface area contributed by atoms with Gasteiger partial charge in [0, 0.05) is 0 Å². The van der Waals surface area contributed by atoms with Crippen LogP contribution >= 0.6 is 0 Å². The van der Waals surface area contributed by atoms with E-state index in [1.165, 1.54) is 25.9 Å². The molecule has 1 saturated heterocycles. The normalized spacial score (nSPS) is 39.1. The summed E-state index contributed by atoms with van der Waals surface area (Å²) in [5, 5.41) is 3.45. The molecule has 0 unspecified atom stereocenters. The fraction of sp³-hybridized carbons (Fsp3) is 0.778. The van der Waals surface area contributed by atoms with Gasteiger partial charge in [0.05, 0.1) is 0 Å². The smallest absolute Gasteiger partial charge is 0.00141 e. The Morgan fingerprint density at radius 1 is 1.40 bits per heavy atom. The molecule has 2 rings (SSSR count). The molecule has 2 aliphatic rings. The molecular weight excluding hydrogens is 122 g/mol. The second kappa shape index (κ2) is 2.39. The number of hydrogen-bond donors (Lipinski definition) is 1. The first-order chi connectivity index (χ1) is 4.86. The zero-order chi connectivity index (χ0) is 6.97. The molecule has 0 spiro atoms. The van der Waals surface area contributed by atoms with Crippen LogP contribution in [-0.2, 0) is 0 Å². The molecule has 1 N–H and O–H groups in total. The summed E-state index contributed by atoms with van der Waals surface area (Å²) in [6, 6.07) is 0. The molecule has 0 aromatic heterocycles. The third kappa shape index (κ3) is 0.988. The number of rotatable bonds is 0. The molecule has 1 aliphatic heterocycles. The average Bonchev–Trinajstić information content (AvgIpc) is 2.33. The number of hydrogen-bond acceptors (Lipinski definition) is 1. The van der Waals surface area contributed by atoms with Gasteiger partial charge in [0.15, 0.2) is 0 Å². The van der Waals surface area contributed by atoms with Crippen LogP contribution < -0.4 is 5.32 Å². The molecule has 2 atom stereocenters. The summed E-state index contributed by atoms with van der Waals surface area (Å²) in [5.41, 5.74) is 1.60. The van der Waals surface area contributed by atoms with Crippen molar-refractivity contribution < 1.29 is 0 Å². The second-order valence-electron chi connectivity index (χ2n) is 3.67. The van der Waals surface area contributed by atoms with Gasteiger partial charge in [-0.1, -0.05) is 11.6 Å². The first kappa shape index (κ1) is 6.41. The molecule has 1 fully saturated rings. The minimum Gasteiger partial charge on any atom is -0.316 e. The van der Waals surface area contributed by atoms with Crippen molar-refractivity contribution in [3.8, 4) is 0 Å². The molecule has 10 heavy (non-hydrogen) atoms. The van der Waals surface area contributed by atoms with Gasteiger partial charge in [0.1, 0.15) is 0 Å². The van der Waals surface area contributed by atoms with E-state index in [9.17, 15) is 0 Å². The van der Waals surface area contributed by atoms with E-state index in [-0.39, 0.29) is 0 Å². The maximum atomic E-state index is 3.45. The van der Waals surface area contributed by atoms with Crippen molar-refractivity contribution in [1.82, 2.24) is 5.32 Å². The monoisotopic (exact) mass is 137 g/mol. The fourth-order valence-electron chi connectivity index (χ4n) is 2.15. The van der Waals surface area contributed by atoms with Gasteiger partial charge in [0.2, 0.25) is 0 Å². The summed E-state index contributed by atoms with van der Waals surface area (Å²) in [4.78, 5) is 0. The highest BCUT2D eigenvalue weighted by atomic mass is 14.9. The quantitative estimate of drug-likeness (QED) is 0.500. The maximum absolute atomic E-state index is 3.45. The largest absolute Gasteiger partial charge is 0.316 e. The summed E-state index contributed by atoms with van der Waals surface area (Å²) in [5.74, 6) is 1.92. The number of fused-ring (bicyclic) bond motifs is 1. The maximum Gasteiger partial charge on any atom is -0.00141 e. The Morgan fingerprint density at radius 3 is 3.10 bits per heavy atom. The van der Waals surface area contributed by atoms with Crippen LogP contribution in [0.1, 0.15) is 19.8 Å². The van der Waals surface area contributed by atoms with Crippen LogP contribution in [0.15, 0.2) is 11.6 Å². The van der Waals surface area contributed by atoms with Crippen molar-refractivity contribution in [2.24, 2.45) is 11.8 Å². The van der Waals surface area contributed by atoms with Crippen molar-refractivity contribution in [3.63, 3.8) is 0 Å². The molecule has 0 aromatic carbocycles. The molecule has 1 heteroatoms. The molecule has 0 radical (unpaired) electrons. The molecule has 56 valence electrons. The summed E-state index contributed by atoms with van der Waals surface area (Å²) in [6.07, 6.45) is 5.08. The molecule has 1 aliphatic carbocycles. The van der Waals surface area contributed by atoms with Gasteiger partial charge in [0.25, 0.3) is 0 Å². The van der Waals surface area contributed by atoms with Gasteiger partial charge < -0.3 is 5.32 Å². The summed E-state index contributed by atoms with van der Waals surface area (Å²) in [6.45, 7) is 4.78. The molecule has 0 bridgehead atoms. The summed E-state index contributed by atoms with van der Waals surface area (Å²) in [7, 11) is 0. The third-order valence-electron chi connectivity index (χ3n) is 2.83. The predicted octanol–water partition coefficient (Wildman–Crippen LogP) is 1.56. The minimum absolute atomic E-state index is 0.962. The third-order valence-corrected chi connectivity index (χ3v) is 2.83. The van der Waals surface area contributed by atoms with Crippen molar-refractivity contribution >= 4 is 0 Å². The standard InChI is InChI=1S/C9H15N/c1-7-2-3-8-5-10-6-9(8)4-7/h2,8-10H,3-6H2,1H3/t8-,9-/m1/s1. The molecule has 0 saturated carbocycles. The van der Waals surface area contributed by atoms with Gasteiger partial charge in [-0.15, -0.1) is 0 Å². The lowest BCUT2D eigenvalue weighted by molar-refractivity contribution is 0.400. The van der Waals surface area contributed by atoms with E-state index >= 15 is 0 Å². The molecule has 0 aromatic rings. The van der Waals surface area contributed by atoms with Crippen LogP contribution in [0.3, 0.4) is 0 Å². The van der Waals surface area contributed by atoms with Crippen LogP contribution in [0.2, 0.25) is 0 Å². The van der Waals surface area contributed by atoms with Crippen LogP contribution in [0, 0.1) is 11.8 Å². The van der Waals surface area contributed by atoms with E-state index in [2.05, 4.69) is 18.3 Å². The fourth-order valence-corrected chi connectivity index (χ4v) is 2.15. The van der Waals surface area contributed by atoms with Gasteiger partial charge in [-0.05, 0) is 44.7 Å². The first-order valence-electron chi connectivity index (χ1n) is 4.22. The molecule has 0 amide bonds. The van der Waals surface area contributed by atoms with Gasteiger partial charge in [-0.2, -0.15) is 0 Å². The van der Waals surface area contributed by atoms with Crippen molar-refractivity contribution in [1.29, 1.82) is 0 Å². The van der Waals surface area contributed by atoms with Crippen molar-refractivity contribution in [2.75, 3.05) is 13.1 Å². The summed E-state index contributed by atoms with van der Waals surface area (Å²) >= 11 is 0. The van der Waals surface area contributed by atoms with Gasteiger partial charge in [-0.25, -0.2) is 0 Å². The van der Waals surface area contributed by atoms with Crippen molar-refractivity contribution in [3.05, 3.63) is 11.6 Å². The Labute approximate surface area is 62.5 Å². The number of nitrogens with one attached hydrogen (secondary N) is 1. The Kier molecular flexibility index (Phi) is 1.53. The van der Waals surface area contributed by atoms with E-state index in [0.717, 1.165) is 11.8 Å². The Morgan fingerprint density at radius 2 is 2.20 bits per heavy atom. The Bertz CT molecular complexity index is 160. The van der Waals surface area contributed by atoms with E-state index in [1.54, 1.807) is 5.57 Å². The highest BCUT2D eigenvalue weighted by Crippen LogP contribution is 2.31. The van der Waals surface area contributed by atoms with E-state index in [0.29, 0.717) is 0 Å². The van der Waals surface area contributed by atoms with Crippen LogP contribution in [0.4, 0.5) is 0 Å². The highest BCUT2D eigenvalue weighted by Gasteiger charge is 2.28. The summed E-state index contributed by atoms with van der Waals surface area (Å²) < 4.78 is 0. The van der Waals surface area contributed by atoms with Crippen LogP contribution in [0.25, 0.3) is 0 Å². The molecule has 1 heterocycles. The molecule has 1 nitrogen and oxygen atoms in total. The second-order valence-corrected chi connectivity index (χ2v) is 3.67. The Hall–Kier alpha value is -0.300. The van der Waals surface area contributed by atoms with Crippen LogP contribution in [-0.4, -0.2) is 13.1 Å². The van der Waals surface area contributed by atoms with Gasteiger partial charge in [-0.3, -0.25) is 0 Å². The first-order valence-corrected chi connectivity index (χ1v) is 4.22. The lowest BCUT2D eigenvalue weighted by Crippen LogP contribution is -2.15. The zero-order valence-corrected chi connectivity index (χ0v) is 6.56. The Balaban J connectivity index is 2.08. The van der Waals surface area contributed by atoms with E-state index in [4.69, 9.17) is 0 Å². The van der Waals surface area contributed by atoms with Crippen LogP contribution in [0.5, 0.6) is 0 Å². The predicted molar refractivity (Wildman–Crippen MR) is 42.8 cm³/mol. The topological polar surface area (TPSA) is 12.0 Å². The van der Waals surface area contributed by atoms with Gasteiger partial charge >= 0.3 is 0 Å². The minimum atomic E-state index is 0.962. The van der Waals surface area contributed by atoms with E-state index < -0.39 is 0 Å². The van der Waals surface area contributed by atoms with Crippen molar-refractivity contribution in [2.45, 2.75) is 19.8 Å². The SMILES string of the molecule is CC1=CC[C@@H]2CNC[C@H]2C1. The average molecular weight is 137 g/mol. The molecular formula is C9H15N.